The van der Waals surface area contributed by atoms with Crippen LogP contribution in [-0.4, -0.2) is 23.1 Å². The van der Waals surface area contributed by atoms with Gasteiger partial charge in [-0.2, -0.15) is 0 Å². The van der Waals surface area contributed by atoms with Crippen LogP contribution in [0.15, 0.2) is 15.7 Å². The first-order valence-electron chi connectivity index (χ1n) is 5.34. The maximum Gasteiger partial charge on any atom is 0.327 e. The minimum absolute atomic E-state index is 0.335. The molecule has 0 atom stereocenters. The molecule has 2 N–H and O–H groups in total. The molecule has 0 saturated carbocycles. The lowest BCUT2D eigenvalue weighted by molar-refractivity contribution is 0.726. The van der Waals surface area contributed by atoms with Crippen molar-refractivity contribution in [1.29, 1.82) is 0 Å². The summed E-state index contributed by atoms with van der Waals surface area (Å²) in [5.41, 5.74) is -0.764. The van der Waals surface area contributed by atoms with Gasteiger partial charge in [-0.15, -0.1) is 0 Å². The zero-order valence-electron chi connectivity index (χ0n) is 8.58. The molecule has 5 nitrogen and oxygen atoms in total. The summed E-state index contributed by atoms with van der Waals surface area (Å²) in [6.07, 6.45) is 4.69. The largest absolute Gasteiger partial charge is 0.358 e. The van der Waals surface area contributed by atoms with E-state index in [4.69, 9.17) is 0 Å². The maximum absolute atomic E-state index is 11.1. The van der Waals surface area contributed by atoms with Gasteiger partial charge in [-0.25, -0.2) is 4.79 Å². The zero-order valence-corrected chi connectivity index (χ0v) is 8.58. The smallest absolute Gasteiger partial charge is 0.327 e. The highest BCUT2D eigenvalue weighted by molar-refractivity contribution is 5.36. The number of aromatic amines is 2. The van der Waals surface area contributed by atoms with Crippen molar-refractivity contribution in [3.05, 3.63) is 26.9 Å². The van der Waals surface area contributed by atoms with Crippen LogP contribution in [0.2, 0.25) is 0 Å². The van der Waals surface area contributed by atoms with Gasteiger partial charge in [-0.1, -0.05) is 12.8 Å². The van der Waals surface area contributed by atoms with Crippen LogP contribution in [0.4, 0.5) is 5.82 Å². The van der Waals surface area contributed by atoms with Gasteiger partial charge in [-0.05, 0) is 12.8 Å². The maximum atomic E-state index is 11.1. The Morgan fingerprint density at radius 2 is 1.67 bits per heavy atom. The summed E-state index contributed by atoms with van der Waals surface area (Å²) in [4.78, 5) is 29.1. The first kappa shape index (κ1) is 10.0. The summed E-state index contributed by atoms with van der Waals surface area (Å²) in [6.45, 7) is 1.83. The number of hydrogen-bond acceptors (Lipinski definition) is 3. The molecule has 1 aromatic heterocycles. The molecule has 1 aromatic rings. The summed E-state index contributed by atoms with van der Waals surface area (Å²) < 4.78 is 0. The molecule has 0 aromatic carbocycles. The number of aromatic nitrogens is 2. The predicted molar refractivity (Wildman–Crippen MR) is 58.4 cm³/mol. The third-order valence-corrected chi connectivity index (χ3v) is 2.69. The molecule has 5 heteroatoms. The van der Waals surface area contributed by atoms with Gasteiger partial charge in [0.1, 0.15) is 5.82 Å². The third-order valence-electron chi connectivity index (χ3n) is 2.69. The van der Waals surface area contributed by atoms with Gasteiger partial charge in [0.15, 0.2) is 0 Å². The number of hydrogen-bond donors (Lipinski definition) is 2. The van der Waals surface area contributed by atoms with Crippen molar-refractivity contribution in [3.8, 4) is 0 Å². The Labute approximate surface area is 87.1 Å². The Bertz CT molecular complexity index is 399. The van der Waals surface area contributed by atoms with Gasteiger partial charge in [0.2, 0.25) is 0 Å². The number of anilines is 1. The van der Waals surface area contributed by atoms with Gasteiger partial charge < -0.3 is 4.90 Å². The fourth-order valence-corrected chi connectivity index (χ4v) is 1.94. The van der Waals surface area contributed by atoms with Crippen LogP contribution in [0, 0.1) is 0 Å². The van der Waals surface area contributed by atoms with Gasteiger partial charge in [-0.3, -0.25) is 14.8 Å². The van der Waals surface area contributed by atoms with E-state index in [-0.39, 0.29) is 5.56 Å². The standard InChI is InChI=1S/C10H15N3O2/c14-9-7-8(11-10(15)12-9)13-5-3-1-2-4-6-13/h7H,1-6H2,(H2,11,12,14,15). The molecule has 0 radical (unpaired) electrons. The van der Waals surface area contributed by atoms with Crippen molar-refractivity contribution in [2.45, 2.75) is 25.7 Å². The Morgan fingerprint density at radius 1 is 1.00 bits per heavy atom. The van der Waals surface area contributed by atoms with Crippen molar-refractivity contribution in [2.75, 3.05) is 18.0 Å². The lowest BCUT2D eigenvalue weighted by Crippen LogP contribution is -2.31. The highest BCUT2D eigenvalue weighted by atomic mass is 16.2. The molecule has 15 heavy (non-hydrogen) atoms. The lowest BCUT2D eigenvalue weighted by Gasteiger charge is -2.21. The van der Waals surface area contributed by atoms with E-state index in [9.17, 15) is 9.59 Å². The van der Waals surface area contributed by atoms with Crippen LogP contribution >= 0.6 is 0 Å². The van der Waals surface area contributed by atoms with Crippen LogP contribution < -0.4 is 16.1 Å². The van der Waals surface area contributed by atoms with Crippen LogP contribution in [-0.2, 0) is 0 Å². The average molecular weight is 209 g/mol. The summed E-state index contributed by atoms with van der Waals surface area (Å²) in [5.74, 6) is 0.644. The van der Waals surface area contributed by atoms with E-state index in [1.54, 1.807) is 0 Å². The number of nitrogens with one attached hydrogen (secondary N) is 2. The molecular weight excluding hydrogens is 194 g/mol. The van der Waals surface area contributed by atoms with E-state index >= 15 is 0 Å². The summed E-state index contributed by atoms with van der Waals surface area (Å²) in [7, 11) is 0. The van der Waals surface area contributed by atoms with E-state index in [1.165, 1.54) is 18.9 Å². The Balaban J connectivity index is 2.27. The molecule has 0 aliphatic carbocycles. The molecule has 1 aliphatic heterocycles. The van der Waals surface area contributed by atoms with E-state index in [2.05, 4.69) is 14.9 Å². The Kier molecular flexibility index (Phi) is 2.89. The second kappa shape index (κ2) is 4.33. The van der Waals surface area contributed by atoms with Crippen LogP contribution in [0.5, 0.6) is 0 Å². The van der Waals surface area contributed by atoms with Crippen LogP contribution in [0.1, 0.15) is 25.7 Å². The van der Waals surface area contributed by atoms with Gasteiger partial charge in [0.25, 0.3) is 5.56 Å². The predicted octanol–water partition coefficient (Wildman–Crippen LogP) is 0.444. The van der Waals surface area contributed by atoms with Gasteiger partial charge >= 0.3 is 5.69 Å². The summed E-state index contributed by atoms with van der Waals surface area (Å²) >= 11 is 0. The highest BCUT2D eigenvalue weighted by Gasteiger charge is 2.10. The van der Waals surface area contributed by atoms with E-state index < -0.39 is 5.69 Å². The fraction of sp³-hybridized carbons (Fsp3) is 0.600. The molecule has 1 saturated heterocycles. The number of rotatable bonds is 1. The van der Waals surface area contributed by atoms with Crippen LogP contribution in [0.3, 0.4) is 0 Å². The minimum Gasteiger partial charge on any atom is -0.358 e. The molecule has 0 bridgehead atoms. The molecular formula is C10H15N3O2. The minimum atomic E-state index is -0.429. The molecule has 0 amide bonds. The normalized spacial score (nSPS) is 17.5. The first-order valence-corrected chi connectivity index (χ1v) is 5.34. The topological polar surface area (TPSA) is 69.0 Å². The molecule has 0 unspecified atom stereocenters. The quantitative estimate of drug-likeness (QED) is 0.705. The van der Waals surface area contributed by atoms with E-state index in [0.29, 0.717) is 5.82 Å². The third kappa shape index (κ3) is 2.49. The molecule has 2 rings (SSSR count). The molecule has 1 fully saturated rings. The summed E-state index contributed by atoms with van der Waals surface area (Å²) in [5, 5.41) is 0. The SMILES string of the molecule is O=c1cc(N2CCCCCC2)[nH]c(=O)[nH]1. The van der Waals surface area contributed by atoms with Crippen molar-refractivity contribution in [1.82, 2.24) is 9.97 Å². The summed E-state index contributed by atoms with van der Waals surface area (Å²) in [6, 6.07) is 1.45. The van der Waals surface area contributed by atoms with Crippen molar-refractivity contribution in [2.24, 2.45) is 0 Å². The highest BCUT2D eigenvalue weighted by Crippen LogP contribution is 2.14. The van der Waals surface area contributed by atoms with Crippen LogP contribution in [0.25, 0.3) is 0 Å². The van der Waals surface area contributed by atoms with E-state index in [0.717, 1.165) is 25.9 Å². The molecule has 0 spiro atoms. The molecule has 82 valence electrons. The Morgan fingerprint density at radius 3 is 2.27 bits per heavy atom. The van der Waals surface area contributed by atoms with Gasteiger partial charge in [0.05, 0.1) is 0 Å². The number of nitrogens with zero attached hydrogens (tertiary/aromatic N) is 1. The Hall–Kier alpha value is -1.52. The second-order valence-electron chi connectivity index (χ2n) is 3.87. The molecule has 2 heterocycles. The van der Waals surface area contributed by atoms with Crippen molar-refractivity contribution < 1.29 is 0 Å². The second-order valence-corrected chi connectivity index (χ2v) is 3.87. The number of H-pyrrole nitrogens is 2. The van der Waals surface area contributed by atoms with Crippen molar-refractivity contribution in [3.63, 3.8) is 0 Å². The lowest BCUT2D eigenvalue weighted by atomic mass is 10.2. The van der Waals surface area contributed by atoms with Gasteiger partial charge in [0, 0.05) is 19.2 Å². The zero-order chi connectivity index (χ0) is 10.7. The van der Waals surface area contributed by atoms with Crippen molar-refractivity contribution >= 4 is 5.82 Å². The first-order chi connectivity index (χ1) is 7.25. The fourth-order valence-electron chi connectivity index (χ4n) is 1.94. The monoisotopic (exact) mass is 209 g/mol. The molecule has 1 aliphatic rings. The average Bonchev–Trinajstić information content (AvgIpc) is 2.43. The van der Waals surface area contributed by atoms with E-state index in [1.807, 2.05) is 0 Å².